The summed E-state index contributed by atoms with van der Waals surface area (Å²) in [6, 6.07) is 10.3. The predicted molar refractivity (Wildman–Crippen MR) is 139 cm³/mol. The van der Waals surface area contributed by atoms with Crippen molar-refractivity contribution in [2.75, 3.05) is 18.4 Å². The van der Waals surface area contributed by atoms with Crippen LogP contribution in [-0.2, 0) is 9.59 Å². The van der Waals surface area contributed by atoms with Crippen LogP contribution in [-0.4, -0.2) is 64.0 Å². The second kappa shape index (κ2) is 12.3. The van der Waals surface area contributed by atoms with E-state index in [0.717, 1.165) is 38.2 Å². The van der Waals surface area contributed by atoms with Crippen molar-refractivity contribution in [1.82, 2.24) is 15.1 Å². The third-order valence-electron chi connectivity index (χ3n) is 7.04. The highest BCUT2D eigenvalue weighted by Crippen LogP contribution is 2.29. The topological polar surface area (TPSA) is 119 Å². The molecule has 9 nitrogen and oxygen atoms in total. The van der Waals surface area contributed by atoms with Crippen molar-refractivity contribution in [2.24, 2.45) is 5.92 Å². The molecule has 4 amide bonds. The van der Waals surface area contributed by atoms with E-state index in [1.165, 1.54) is 28.0 Å². The van der Waals surface area contributed by atoms with Crippen molar-refractivity contribution in [3.05, 3.63) is 64.9 Å². The second-order valence-electron chi connectivity index (χ2n) is 9.62. The minimum Gasteiger partial charge on any atom is -0.481 e. The van der Waals surface area contributed by atoms with Crippen molar-refractivity contribution < 1.29 is 28.7 Å². The molecular formula is C27H30ClFN4O5. The van der Waals surface area contributed by atoms with Gasteiger partial charge in [-0.2, -0.15) is 0 Å². The summed E-state index contributed by atoms with van der Waals surface area (Å²) >= 11 is 5.92. The number of anilines is 1. The van der Waals surface area contributed by atoms with Crippen LogP contribution in [0.15, 0.2) is 48.5 Å². The normalized spacial score (nSPS) is 18.6. The van der Waals surface area contributed by atoms with Crippen molar-refractivity contribution in [1.29, 1.82) is 0 Å². The van der Waals surface area contributed by atoms with Gasteiger partial charge in [0.1, 0.15) is 5.82 Å². The molecular weight excluding hydrogens is 515 g/mol. The van der Waals surface area contributed by atoms with E-state index in [1.54, 1.807) is 24.3 Å². The van der Waals surface area contributed by atoms with E-state index in [0.29, 0.717) is 10.7 Å². The van der Waals surface area contributed by atoms with Crippen LogP contribution in [0.2, 0.25) is 5.02 Å². The number of amides is 4. The summed E-state index contributed by atoms with van der Waals surface area (Å²) in [6.07, 6.45) is 2.91. The SMILES string of the molecule is O=C(O)CC(NC(=O)C1N(C(=O)Nc2ccc(Cl)cc2)CCN1C(=O)c1cccc(F)c1)C1CCCCC1. The molecule has 0 radical (unpaired) electrons. The number of nitrogens with zero attached hydrogens (tertiary/aromatic N) is 2. The first-order valence-corrected chi connectivity index (χ1v) is 13.0. The number of rotatable bonds is 7. The van der Waals surface area contributed by atoms with E-state index < -0.39 is 41.8 Å². The molecule has 2 aromatic carbocycles. The number of hydrogen-bond donors (Lipinski definition) is 3. The quantitative estimate of drug-likeness (QED) is 0.479. The Hall–Kier alpha value is -3.66. The van der Waals surface area contributed by atoms with Gasteiger partial charge in [-0.25, -0.2) is 9.18 Å². The number of benzene rings is 2. The van der Waals surface area contributed by atoms with E-state index >= 15 is 0 Å². The maximum absolute atomic E-state index is 13.9. The van der Waals surface area contributed by atoms with Gasteiger partial charge >= 0.3 is 12.0 Å². The summed E-state index contributed by atoms with van der Waals surface area (Å²) in [5.41, 5.74) is 0.483. The van der Waals surface area contributed by atoms with E-state index in [1.807, 2.05) is 0 Å². The zero-order valence-electron chi connectivity index (χ0n) is 20.7. The molecule has 1 saturated heterocycles. The highest BCUT2D eigenvalue weighted by atomic mass is 35.5. The zero-order valence-corrected chi connectivity index (χ0v) is 21.5. The summed E-state index contributed by atoms with van der Waals surface area (Å²) in [5, 5.41) is 15.5. The largest absolute Gasteiger partial charge is 0.481 e. The van der Waals surface area contributed by atoms with Crippen LogP contribution in [0, 0.1) is 11.7 Å². The van der Waals surface area contributed by atoms with Gasteiger partial charge in [-0.3, -0.25) is 19.3 Å². The standard InChI is InChI=1S/C27H30ClFN4O5/c28-19-9-11-21(12-10-19)30-27(38)33-14-13-32(26(37)18-7-4-8-20(29)15-18)25(33)24(36)31-22(16-23(34)35)17-5-2-1-3-6-17/h4,7-12,15,17,22,25H,1-3,5-6,13-14,16H2,(H,30,38)(H,31,36)(H,34,35). The lowest BCUT2D eigenvalue weighted by molar-refractivity contribution is -0.138. The molecule has 2 fully saturated rings. The van der Waals surface area contributed by atoms with Gasteiger partial charge in [0.15, 0.2) is 6.17 Å². The van der Waals surface area contributed by atoms with Crippen molar-refractivity contribution in [3.63, 3.8) is 0 Å². The number of hydrogen-bond acceptors (Lipinski definition) is 4. The number of nitrogens with one attached hydrogen (secondary N) is 2. The highest BCUT2D eigenvalue weighted by molar-refractivity contribution is 6.30. The van der Waals surface area contributed by atoms with Gasteiger partial charge in [-0.1, -0.05) is 36.9 Å². The Morgan fingerprint density at radius 3 is 2.34 bits per heavy atom. The minimum absolute atomic E-state index is 0.0195. The molecule has 0 bridgehead atoms. The number of carbonyl (C=O) groups excluding carboxylic acids is 3. The van der Waals surface area contributed by atoms with Gasteiger partial charge in [-0.05, 0) is 61.2 Å². The van der Waals surface area contributed by atoms with Crippen LogP contribution < -0.4 is 10.6 Å². The molecule has 2 aromatic rings. The van der Waals surface area contributed by atoms with Gasteiger partial charge < -0.3 is 20.6 Å². The summed E-state index contributed by atoms with van der Waals surface area (Å²) in [7, 11) is 0. The van der Waals surface area contributed by atoms with Crippen molar-refractivity contribution >= 4 is 41.1 Å². The van der Waals surface area contributed by atoms with Crippen LogP contribution >= 0.6 is 11.6 Å². The van der Waals surface area contributed by atoms with Gasteiger partial charge in [0, 0.05) is 35.4 Å². The summed E-state index contributed by atoms with van der Waals surface area (Å²) in [4.78, 5) is 54.3. The molecule has 11 heteroatoms. The molecule has 2 unspecified atom stereocenters. The number of aliphatic carboxylic acids is 1. The fraction of sp³-hybridized carbons (Fsp3) is 0.407. The molecule has 0 aromatic heterocycles. The van der Waals surface area contributed by atoms with Gasteiger partial charge in [-0.15, -0.1) is 0 Å². The Labute approximate surface area is 224 Å². The first-order valence-electron chi connectivity index (χ1n) is 12.6. The van der Waals surface area contributed by atoms with E-state index in [4.69, 9.17) is 11.6 Å². The van der Waals surface area contributed by atoms with E-state index in [-0.39, 0.29) is 31.0 Å². The lowest BCUT2D eigenvalue weighted by Gasteiger charge is -2.34. The maximum atomic E-state index is 13.9. The highest BCUT2D eigenvalue weighted by Gasteiger charge is 2.44. The molecule has 1 heterocycles. The lowest BCUT2D eigenvalue weighted by Crippen LogP contribution is -2.57. The monoisotopic (exact) mass is 544 g/mol. The summed E-state index contributed by atoms with van der Waals surface area (Å²) in [5.74, 6) is -2.94. The fourth-order valence-corrected chi connectivity index (χ4v) is 5.30. The van der Waals surface area contributed by atoms with Gasteiger partial charge in [0.25, 0.3) is 11.8 Å². The number of halogens is 2. The molecule has 1 aliphatic carbocycles. The Balaban J connectivity index is 1.60. The second-order valence-corrected chi connectivity index (χ2v) is 10.1. The summed E-state index contributed by atoms with van der Waals surface area (Å²) in [6.45, 7) is 0.0834. The average molecular weight is 545 g/mol. The Kier molecular flexibility index (Phi) is 8.83. The Morgan fingerprint density at radius 1 is 1.00 bits per heavy atom. The molecule has 38 heavy (non-hydrogen) atoms. The third-order valence-corrected chi connectivity index (χ3v) is 7.29. The maximum Gasteiger partial charge on any atom is 0.323 e. The minimum atomic E-state index is -1.35. The van der Waals surface area contributed by atoms with Crippen LogP contribution in [0.1, 0.15) is 48.9 Å². The van der Waals surface area contributed by atoms with Crippen molar-refractivity contribution in [2.45, 2.75) is 50.7 Å². The number of carbonyl (C=O) groups is 4. The lowest BCUT2D eigenvalue weighted by atomic mass is 9.82. The van der Waals surface area contributed by atoms with Crippen LogP contribution in [0.25, 0.3) is 0 Å². The Morgan fingerprint density at radius 2 is 1.68 bits per heavy atom. The molecule has 2 atom stereocenters. The molecule has 4 rings (SSSR count). The van der Waals surface area contributed by atoms with Crippen molar-refractivity contribution in [3.8, 4) is 0 Å². The fourth-order valence-electron chi connectivity index (χ4n) is 5.17. The predicted octanol–water partition coefficient (Wildman–Crippen LogP) is 4.33. The Bertz CT molecular complexity index is 1190. The number of urea groups is 1. The van der Waals surface area contributed by atoms with Crippen LogP contribution in [0.5, 0.6) is 0 Å². The third kappa shape index (κ3) is 6.61. The van der Waals surface area contributed by atoms with Crippen LogP contribution in [0.4, 0.5) is 14.9 Å². The average Bonchev–Trinajstić information content (AvgIpc) is 3.35. The first-order chi connectivity index (χ1) is 18.2. The zero-order chi connectivity index (χ0) is 27.2. The van der Waals surface area contributed by atoms with Gasteiger partial charge in [0.05, 0.1) is 6.42 Å². The number of carboxylic acid groups (broad SMARTS) is 1. The number of carboxylic acids is 1. The smallest absolute Gasteiger partial charge is 0.323 e. The molecule has 1 aliphatic heterocycles. The van der Waals surface area contributed by atoms with E-state index in [2.05, 4.69) is 10.6 Å². The van der Waals surface area contributed by atoms with Crippen LogP contribution in [0.3, 0.4) is 0 Å². The van der Waals surface area contributed by atoms with Gasteiger partial charge in [0.2, 0.25) is 0 Å². The molecule has 1 saturated carbocycles. The van der Waals surface area contributed by atoms with E-state index in [9.17, 15) is 28.7 Å². The molecule has 0 spiro atoms. The molecule has 202 valence electrons. The first kappa shape index (κ1) is 27.4. The molecule has 3 N–H and O–H groups in total. The summed E-state index contributed by atoms with van der Waals surface area (Å²) < 4.78 is 13.9. The molecule has 2 aliphatic rings.